The number of methoxy groups -OCH3 is 1. The van der Waals surface area contributed by atoms with Crippen molar-refractivity contribution in [3.8, 4) is 5.75 Å². The fraction of sp³-hybridized carbons (Fsp3) is 0.259. The minimum absolute atomic E-state index is 0.0206. The zero-order valence-electron chi connectivity index (χ0n) is 19.5. The number of carboxylic acid groups (broad SMARTS) is 1. The third-order valence-corrected chi connectivity index (χ3v) is 6.43. The number of ether oxygens (including phenoxy) is 1. The number of halogens is 3. The fourth-order valence-corrected chi connectivity index (χ4v) is 4.57. The van der Waals surface area contributed by atoms with E-state index in [9.17, 15) is 27.9 Å². The lowest BCUT2D eigenvalue weighted by Crippen LogP contribution is -2.54. The molecule has 0 unspecified atom stereocenters. The second-order valence-corrected chi connectivity index (χ2v) is 8.68. The predicted octanol–water partition coefficient (Wildman–Crippen LogP) is 5.18. The molecule has 1 aliphatic rings. The van der Waals surface area contributed by atoms with Gasteiger partial charge in [0.05, 0.1) is 13.2 Å². The van der Waals surface area contributed by atoms with Gasteiger partial charge in [0.15, 0.2) is 11.6 Å². The van der Waals surface area contributed by atoms with E-state index in [4.69, 9.17) is 4.74 Å². The lowest BCUT2D eigenvalue weighted by Gasteiger charge is -2.43. The molecule has 6 nitrogen and oxygen atoms in total. The van der Waals surface area contributed by atoms with Crippen molar-refractivity contribution in [2.24, 2.45) is 0 Å². The normalized spacial score (nSPS) is 17.7. The summed E-state index contributed by atoms with van der Waals surface area (Å²) in [4.78, 5) is 28.1. The van der Waals surface area contributed by atoms with Crippen LogP contribution in [-0.2, 0) is 17.9 Å². The van der Waals surface area contributed by atoms with Crippen molar-refractivity contribution in [2.45, 2.75) is 31.5 Å². The Bertz CT molecular complexity index is 1240. The molecule has 0 aromatic heterocycles. The summed E-state index contributed by atoms with van der Waals surface area (Å²) in [5.41, 5.74) is 1.27. The van der Waals surface area contributed by atoms with Crippen LogP contribution in [-0.4, -0.2) is 46.6 Å². The summed E-state index contributed by atoms with van der Waals surface area (Å²) in [5.74, 6) is -4.33. The summed E-state index contributed by atoms with van der Waals surface area (Å²) >= 11 is 0. The Balaban J connectivity index is 1.70. The Hall–Kier alpha value is -4.01. The van der Waals surface area contributed by atoms with E-state index in [0.29, 0.717) is 17.4 Å². The van der Waals surface area contributed by atoms with E-state index in [1.807, 2.05) is 0 Å². The first-order valence-corrected chi connectivity index (χ1v) is 11.4. The molecule has 1 heterocycles. The smallest absolute Gasteiger partial charge is 0.407 e. The minimum atomic E-state index is -1.35. The number of nitrogens with zero attached hydrogens (tertiary/aromatic N) is 2. The van der Waals surface area contributed by atoms with E-state index < -0.39 is 35.5 Å². The summed E-state index contributed by atoms with van der Waals surface area (Å²) in [6, 6.07) is 16.2. The van der Waals surface area contributed by atoms with Crippen LogP contribution in [0.4, 0.5) is 18.0 Å². The Kier molecular flexibility index (Phi) is 7.47. The van der Waals surface area contributed by atoms with Gasteiger partial charge in [0.1, 0.15) is 11.6 Å². The molecular formula is C27H25F3N2O4. The number of hydrogen-bond acceptors (Lipinski definition) is 3. The van der Waals surface area contributed by atoms with Crippen LogP contribution < -0.4 is 4.74 Å². The van der Waals surface area contributed by atoms with Crippen LogP contribution in [0, 0.1) is 17.5 Å². The minimum Gasteiger partial charge on any atom is -0.497 e. The standard InChI is InChI=1S/C27H25F3N2O4/c1-36-19-9-7-18(8-10-19)14-31-16-25(32(27(34)35)15-17-5-3-2-4-6-17)21(12-26(31)33)20-11-23(29)24(30)13-22(20)28/h2-11,13,21,25H,12,14-16H2,1H3,(H,34,35)/t21-,25+/m1/s1. The van der Waals surface area contributed by atoms with Gasteiger partial charge in [-0.05, 0) is 34.9 Å². The maximum atomic E-state index is 14.8. The van der Waals surface area contributed by atoms with E-state index in [0.717, 1.165) is 16.5 Å². The fourth-order valence-electron chi connectivity index (χ4n) is 4.57. The van der Waals surface area contributed by atoms with Gasteiger partial charge in [0.25, 0.3) is 0 Å². The zero-order valence-corrected chi connectivity index (χ0v) is 19.5. The maximum absolute atomic E-state index is 14.8. The van der Waals surface area contributed by atoms with Gasteiger partial charge in [-0.2, -0.15) is 0 Å². The second-order valence-electron chi connectivity index (χ2n) is 8.68. The number of carbonyl (C=O) groups is 2. The summed E-state index contributed by atoms with van der Waals surface area (Å²) in [6.45, 7) is 0.130. The predicted molar refractivity (Wildman–Crippen MR) is 126 cm³/mol. The van der Waals surface area contributed by atoms with E-state index in [1.165, 1.54) is 4.90 Å². The van der Waals surface area contributed by atoms with Crippen molar-refractivity contribution < 1.29 is 32.6 Å². The van der Waals surface area contributed by atoms with Gasteiger partial charge in [-0.15, -0.1) is 0 Å². The highest BCUT2D eigenvalue weighted by Gasteiger charge is 2.41. The Morgan fingerprint density at radius 3 is 2.31 bits per heavy atom. The van der Waals surface area contributed by atoms with Crippen LogP contribution in [0.2, 0.25) is 0 Å². The number of hydrogen-bond donors (Lipinski definition) is 1. The quantitative estimate of drug-likeness (QED) is 0.456. The maximum Gasteiger partial charge on any atom is 0.407 e. The molecule has 2 atom stereocenters. The highest BCUT2D eigenvalue weighted by molar-refractivity contribution is 5.79. The third kappa shape index (κ3) is 5.45. The monoisotopic (exact) mass is 498 g/mol. The third-order valence-electron chi connectivity index (χ3n) is 6.43. The molecule has 2 amide bonds. The summed E-state index contributed by atoms with van der Waals surface area (Å²) in [6.07, 6.45) is -1.53. The average Bonchev–Trinajstić information content (AvgIpc) is 2.87. The molecule has 0 aliphatic carbocycles. The summed E-state index contributed by atoms with van der Waals surface area (Å²) in [7, 11) is 1.54. The van der Waals surface area contributed by atoms with Crippen LogP contribution in [0.3, 0.4) is 0 Å². The van der Waals surface area contributed by atoms with Crippen molar-refractivity contribution in [3.05, 3.63) is 101 Å². The van der Waals surface area contributed by atoms with Crippen LogP contribution in [0.15, 0.2) is 66.7 Å². The van der Waals surface area contributed by atoms with Crippen molar-refractivity contribution in [3.63, 3.8) is 0 Å². The summed E-state index contributed by atoms with van der Waals surface area (Å²) in [5, 5.41) is 10.1. The van der Waals surface area contributed by atoms with Crippen LogP contribution in [0.25, 0.3) is 0 Å². The number of piperidine rings is 1. The van der Waals surface area contributed by atoms with Gasteiger partial charge in [-0.1, -0.05) is 42.5 Å². The molecule has 0 spiro atoms. The van der Waals surface area contributed by atoms with Gasteiger partial charge < -0.3 is 14.7 Å². The van der Waals surface area contributed by atoms with E-state index in [1.54, 1.807) is 61.7 Å². The van der Waals surface area contributed by atoms with Gasteiger partial charge >= 0.3 is 6.09 Å². The zero-order chi connectivity index (χ0) is 25.8. The second kappa shape index (κ2) is 10.7. The molecule has 1 aliphatic heterocycles. The molecule has 4 rings (SSSR count). The number of likely N-dealkylation sites (tertiary alicyclic amines) is 1. The van der Waals surface area contributed by atoms with Gasteiger partial charge in [0.2, 0.25) is 5.91 Å². The van der Waals surface area contributed by atoms with Crippen LogP contribution >= 0.6 is 0 Å². The molecule has 3 aromatic carbocycles. The average molecular weight is 499 g/mol. The van der Waals surface area contributed by atoms with Crippen LogP contribution in [0.5, 0.6) is 5.75 Å². The first kappa shape index (κ1) is 25.1. The highest BCUT2D eigenvalue weighted by atomic mass is 19.2. The van der Waals surface area contributed by atoms with Gasteiger partial charge in [-0.3, -0.25) is 9.69 Å². The Labute approximate surface area is 206 Å². The molecule has 36 heavy (non-hydrogen) atoms. The van der Waals surface area contributed by atoms with Crippen LogP contribution in [0.1, 0.15) is 29.0 Å². The lowest BCUT2D eigenvalue weighted by atomic mass is 9.83. The van der Waals surface area contributed by atoms with Gasteiger partial charge in [0, 0.05) is 38.0 Å². The van der Waals surface area contributed by atoms with Crippen molar-refractivity contribution in [1.82, 2.24) is 9.80 Å². The largest absolute Gasteiger partial charge is 0.497 e. The van der Waals surface area contributed by atoms with Gasteiger partial charge in [-0.25, -0.2) is 18.0 Å². The molecule has 0 radical (unpaired) electrons. The topological polar surface area (TPSA) is 70.1 Å². The first-order chi connectivity index (χ1) is 17.3. The molecule has 0 saturated carbocycles. The molecular weight excluding hydrogens is 473 g/mol. The number of amides is 2. The summed E-state index contributed by atoms with van der Waals surface area (Å²) < 4.78 is 47.7. The number of benzene rings is 3. The molecule has 1 N–H and O–H groups in total. The lowest BCUT2D eigenvalue weighted by molar-refractivity contribution is -0.137. The van der Waals surface area contributed by atoms with E-state index in [-0.39, 0.29) is 37.5 Å². The van der Waals surface area contributed by atoms with Crippen molar-refractivity contribution in [1.29, 1.82) is 0 Å². The van der Waals surface area contributed by atoms with E-state index in [2.05, 4.69) is 0 Å². The van der Waals surface area contributed by atoms with E-state index >= 15 is 0 Å². The molecule has 1 fully saturated rings. The van der Waals surface area contributed by atoms with Crippen molar-refractivity contribution >= 4 is 12.0 Å². The number of carbonyl (C=O) groups excluding carboxylic acids is 1. The first-order valence-electron chi connectivity index (χ1n) is 11.4. The molecule has 3 aromatic rings. The molecule has 188 valence electrons. The molecule has 9 heteroatoms. The Morgan fingerprint density at radius 1 is 1.00 bits per heavy atom. The number of rotatable bonds is 7. The SMILES string of the molecule is COc1ccc(CN2C[C@H](N(Cc3ccccc3)C(=O)O)[C@@H](c3cc(F)c(F)cc3F)CC2=O)cc1. The highest BCUT2D eigenvalue weighted by Crippen LogP contribution is 2.36. The Morgan fingerprint density at radius 2 is 1.67 bits per heavy atom. The van der Waals surface area contributed by atoms with Crippen molar-refractivity contribution in [2.75, 3.05) is 13.7 Å². The molecule has 0 bridgehead atoms. The molecule has 1 saturated heterocycles.